The Bertz CT molecular complexity index is 934. The van der Waals surface area contributed by atoms with Crippen LogP contribution in [0.15, 0.2) is 54.6 Å². The van der Waals surface area contributed by atoms with E-state index in [4.69, 9.17) is 9.47 Å². The summed E-state index contributed by atoms with van der Waals surface area (Å²) in [6, 6.07) is 14.3. The van der Waals surface area contributed by atoms with Gasteiger partial charge >= 0.3 is 5.97 Å². The first-order valence-corrected chi connectivity index (χ1v) is 11.9. The molecule has 0 saturated carbocycles. The van der Waals surface area contributed by atoms with Crippen LogP contribution in [0.1, 0.15) is 30.1 Å². The minimum atomic E-state index is -0.885. The average molecular weight is 473 g/mol. The molecule has 0 bridgehead atoms. The van der Waals surface area contributed by atoms with Gasteiger partial charge in [-0.25, -0.2) is 4.79 Å². The van der Waals surface area contributed by atoms with Crippen LogP contribution < -0.4 is 15.4 Å². The number of esters is 1. The molecule has 9 heteroatoms. The van der Waals surface area contributed by atoms with Crippen LogP contribution in [0.5, 0.6) is 5.75 Å². The van der Waals surface area contributed by atoms with Crippen molar-refractivity contribution in [3.8, 4) is 5.75 Å². The van der Waals surface area contributed by atoms with Gasteiger partial charge in [0.05, 0.1) is 0 Å². The fourth-order valence-corrected chi connectivity index (χ4v) is 3.17. The minimum Gasteiger partial charge on any atom is -0.484 e. The summed E-state index contributed by atoms with van der Waals surface area (Å²) in [4.78, 5) is 48.6. The number of para-hydroxylation sites is 1. The average Bonchev–Trinajstić information content (AvgIpc) is 2.84. The summed E-state index contributed by atoms with van der Waals surface area (Å²) < 4.78 is 10.6. The fraction of sp³-hybridized carbons (Fsp3) is 0.333. The molecule has 0 aliphatic carbocycles. The van der Waals surface area contributed by atoms with Gasteiger partial charge in [0.1, 0.15) is 11.8 Å². The van der Waals surface area contributed by atoms with Gasteiger partial charge in [0.2, 0.25) is 5.91 Å². The first kappa shape index (κ1) is 25.9. The molecule has 0 radical (unpaired) electrons. The van der Waals surface area contributed by atoms with Gasteiger partial charge in [-0.3, -0.25) is 14.4 Å². The van der Waals surface area contributed by atoms with E-state index in [0.717, 1.165) is 0 Å². The van der Waals surface area contributed by atoms with E-state index in [2.05, 4.69) is 10.6 Å². The maximum Gasteiger partial charge on any atom is 0.329 e. The Morgan fingerprint density at radius 2 is 1.64 bits per heavy atom. The predicted molar refractivity (Wildman–Crippen MR) is 128 cm³/mol. The van der Waals surface area contributed by atoms with Gasteiger partial charge in [-0.05, 0) is 54.8 Å². The van der Waals surface area contributed by atoms with Crippen molar-refractivity contribution < 1.29 is 28.7 Å². The maximum absolute atomic E-state index is 12.5. The van der Waals surface area contributed by atoms with Gasteiger partial charge in [-0.1, -0.05) is 25.1 Å². The molecular weight excluding hydrogens is 444 g/mol. The zero-order valence-electron chi connectivity index (χ0n) is 18.7. The standard InChI is InChI=1S/C24H28N2O6S/c1-3-22(28)25-18-11-9-17(10-12-18)21(27)15-32-24(30)20(13-14-33-2)26-23(29)16-31-19-7-5-4-6-8-19/h4-12,20H,3,13-16H2,1-2H3,(H,25,28)(H,26,29)/t20-/m1/s1. The minimum absolute atomic E-state index is 0.129. The Hall–Kier alpha value is -3.33. The molecule has 2 aromatic rings. The predicted octanol–water partition coefficient (Wildman–Crippen LogP) is 3.08. The Morgan fingerprint density at radius 3 is 2.27 bits per heavy atom. The van der Waals surface area contributed by atoms with Crippen LogP contribution in [0, 0.1) is 0 Å². The zero-order valence-corrected chi connectivity index (χ0v) is 19.5. The van der Waals surface area contributed by atoms with Gasteiger partial charge < -0.3 is 20.1 Å². The number of anilines is 1. The number of ketones is 1. The lowest BCUT2D eigenvalue weighted by Crippen LogP contribution is -2.44. The molecule has 1 atom stereocenters. The molecule has 0 aromatic heterocycles. The highest BCUT2D eigenvalue weighted by Crippen LogP contribution is 2.12. The van der Waals surface area contributed by atoms with Crippen LogP contribution >= 0.6 is 11.8 Å². The molecule has 0 aliphatic heterocycles. The molecule has 0 heterocycles. The zero-order chi connectivity index (χ0) is 24.1. The molecule has 0 aliphatic rings. The van der Waals surface area contributed by atoms with Crippen molar-refractivity contribution in [3.63, 3.8) is 0 Å². The van der Waals surface area contributed by atoms with Gasteiger partial charge in [0.15, 0.2) is 19.0 Å². The number of rotatable bonds is 13. The number of carbonyl (C=O) groups is 4. The van der Waals surface area contributed by atoms with Crippen LogP contribution in [0.2, 0.25) is 0 Å². The van der Waals surface area contributed by atoms with Crippen LogP contribution in [0.25, 0.3) is 0 Å². The Morgan fingerprint density at radius 1 is 0.939 bits per heavy atom. The number of ether oxygens (including phenoxy) is 2. The van der Waals surface area contributed by atoms with E-state index < -0.39 is 24.5 Å². The smallest absolute Gasteiger partial charge is 0.329 e. The second-order valence-corrected chi connectivity index (χ2v) is 8.00. The summed E-state index contributed by atoms with van der Waals surface area (Å²) in [6.07, 6.45) is 2.60. The summed E-state index contributed by atoms with van der Waals surface area (Å²) in [5.74, 6) is -0.495. The number of amides is 2. The number of nitrogens with one attached hydrogen (secondary N) is 2. The first-order valence-electron chi connectivity index (χ1n) is 10.5. The van der Waals surface area contributed by atoms with E-state index in [9.17, 15) is 19.2 Å². The van der Waals surface area contributed by atoms with E-state index in [0.29, 0.717) is 35.6 Å². The van der Waals surface area contributed by atoms with Crippen molar-refractivity contribution in [1.29, 1.82) is 0 Å². The number of thioether (sulfide) groups is 1. The summed E-state index contributed by atoms with van der Waals surface area (Å²) >= 11 is 1.53. The molecule has 0 unspecified atom stereocenters. The number of hydrogen-bond donors (Lipinski definition) is 2. The first-order chi connectivity index (χ1) is 15.9. The topological polar surface area (TPSA) is 111 Å². The largest absolute Gasteiger partial charge is 0.484 e. The van der Waals surface area contributed by atoms with Crippen molar-refractivity contribution >= 4 is 41.0 Å². The highest BCUT2D eigenvalue weighted by atomic mass is 32.2. The van der Waals surface area contributed by atoms with Crippen LogP contribution in [-0.4, -0.2) is 54.8 Å². The lowest BCUT2D eigenvalue weighted by atomic mass is 10.1. The van der Waals surface area contributed by atoms with Crippen LogP contribution in [0.3, 0.4) is 0 Å². The molecule has 2 amide bonds. The molecule has 0 spiro atoms. The second-order valence-electron chi connectivity index (χ2n) is 7.01. The lowest BCUT2D eigenvalue weighted by molar-refractivity contribution is -0.147. The molecule has 176 valence electrons. The second kappa shape index (κ2) is 13.9. The number of Topliss-reactive ketones (excluding diaryl/α,β-unsaturated/α-hetero) is 1. The monoisotopic (exact) mass is 472 g/mol. The molecule has 0 saturated heterocycles. The number of carbonyl (C=O) groups excluding carboxylic acids is 4. The molecule has 8 nitrogen and oxygen atoms in total. The summed E-state index contributed by atoms with van der Waals surface area (Å²) in [7, 11) is 0. The molecular formula is C24H28N2O6S. The Labute approximate surface area is 197 Å². The van der Waals surface area contributed by atoms with Gasteiger partial charge in [0.25, 0.3) is 5.91 Å². The van der Waals surface area contributed by atoms with E-state index in [-0.39, 0.29) is 18.3 Å². The van der Waals surface area contributed by atoms with Crippen molar-refractivity contribution in [2.75, 3.05) is 30.5 Å². The van der Waals surface area contributed by atoms with Crippen molar-refractivity contribution in [1.82, 2.24) is 5.32 Å². The van der Waals surface area contributed by atoms with Crippen LogP contribution in [-0.2, 0) is 19.1 Å². The quantitative estimate of drug-likeness (QED) is 0.340. The summed E-state index contributed by atoms with van der Waals surface area (Å²) in [6.45, 7) is 1.05. The highest BCUT2D eigenvalue weighted by Gasteiger charge is 2.23. The normalized spacial score (nSPS) is 11.2. The molecule has 2 N–H and O–H groups in total. The molecule has 0 fully saturated rings. The SMILES string of the molecule is CCC(=O)Nc1ccc(C(=O)COC(=O)[C@@H](CCSC)NC(=O)COc2ccccc2)cc1. The molecule has 2 rings (SSSR count). The third-order valence-corrected chi connectivity index (χ3v) is 5.14. The van der Waals surface area contributed by atoms with E-state index in [1.54, 1.807) is 55.5 Å². The van der Waals surface area contributed by atoms with E-state index in [1.165, 1.54) is 11.8 Å². The number of hydrogen-bond acceptors (Lipinski definition) is 7. The van der Waals surface area contributed by atoms with Crippen molar-refractivity contribution in [3.05, 3.63) is 60.2 Å². The molecule has 33 heavy (non-hydrogen) atoms. The third kappa shape index (κ3) is 9.36. The summed E-state index contributed by atoms with van der Waals surface area (Å²) in [5, 5.41) is 5.31. The third-order valence-electron chi connectivity index (χ3n) is 4.50. The van der Waals surface area contributed by atoms with Gasteiger partial charge in [-0.2, -0.15) is 11.8 Å². The van der Waals surface area contributed by atoms with Gasteiger partial charge in [0, 0.05) is 17.7 Å². The van der Waals surface area contributed by atoms with Gasteiger partial charge in [-0.15, -0.1) is 0 Å². The number of benzene rings is 2. The summed E-state index contributed by atoms with van der Waals surface area (Å²) in [5.41, 5.74) is 0.922. The van der Waals surface area contributed by atoms with E-state index in [1.807, 2.05) is 12.3 Å². The fourth-order valence-electron chi connectivity index (χ4n) is 2.70. The molecule has 2 aromatic carbocycles. The van der Waals surface area contributed by atoms with Crippen LogP contribution in [0.4, 0.5) is 5.69 Å². The van der Waals surface area contributed by atoms with Crippen molar-refractivity contribution in [2.24, 2.45) is 0 Å². The van der Waals surface area contributed by atoms with Crippen molar-refractivity contribution in [2.45, 2.75) is 25.8 Å². The van der Waals surface area contributed by atoms with E-state index >= 15 is 0 Å². The Kier molecular flexibility index (Phi) is 11.0. The Balaban J connectivity index is 1.86. The lowest BCUT2D eigenvalue weighted by Gasteiger charge is -2.17. The highest BCUT2D eigenvalue weighted by molar-refractivity contribution is 7.98. The maximum atomic E-state index is 12.5.